The first-order valence-electron chi connectivity index (χ1n) is 4.65. The summed E-state index contributed by atoms with van der Waals surface area (Å²) in [5, 5.41) is 9.14. The van der Waals surface area contributed by atoms with E-state index in [4.69, 9.17) is 15.0 Å². The first kappa shape index (κ1) is 9.20. The van der Waals surface area contributed by atoms with Crippen molar-refractivity contribution >= 4 is 0 Å². The van der Waals surface area contributed by atoms with Gasteiger partial charge in [0, 0.05) is 5.56 Å². The molecule has 1 aliphatic rings. The van der Waals surface area contributed by atoms with Gasteiger partial charge in [-0.15, -0.1) is 0 Å². The summed E-state index contributed by atoms with van der Waals surface area (Å²) in [6.07, 6.45) is 1.54. The van der Waals surface area contributed by atoms with E-state index in [1.165, 1.54) is 0 Å². The number of rotatable bonds is 1. The van der Waals surface area contributed by atoms with Crippen LogP contribution in [0.25, 0.3) is 0 Å². The summed E-state index contributed by atoms with van der Waals surface area (Å²) >= 11 is 0. The van der Waals surface area contributed by atoms with Crippen LogP contribution < -0.4 is 0 Å². The summed E-state index contributed by atoms with van der Waals surface area (Å²) in [4.78, 5) is 10.0. The Hall–Kier alpha value is -1.37. The average molecular weight is 189 g/mol. The molecule has 1 aromatic rings. The van der Waals surface area contributed by atoms with Crippen LogP contribution in [0.4, 0.5) is 0 Å². The first-order chi connectivity index (χ1) is 6.87. The molecular formula is C11H11NO2. The Morgan fingerprint density at radius 1 is 1.29 bits per heavy atom. The molecule has 14 heavy (non-hydrogen) atoms. The topological polar surface area (TPSA) is 42.2 Å². The minimum atomic E-state index is -0.903. The highest BCUT2D eigenvalue weighted by molar-refractivity contribution is 5.28. The summed E-state index contributed by atoms with van der Waals surface area (Å²) in [6, 6.07) is 11.7. The van der Waals surface area contributed by atoms with Gasteiger partial charge in [0.2, 0.25) is 5.60 Å². The first-order valence-corrected chi connectivity index (χ1v) is 4.65. The third-order valence-corrected chi connectivity index (χ3v) is 2.38. The molecule has 3 nitrogen and oxygen atoms in total. The van der Waals surface area contributed by atoms with Gasteiger partial charge in [0.05, 0.1) is 6.61 Å². The molecule has 72 valence electrons. The van der Waals surface area contributed by atoms with Crippen LogP contribution in [0.2, 0.25) is 0 Å². The third kappa shape index (κ3) is 1.50. The van der Waals surface area contributed by atoms with Gasteiger partial charge < -0.3 is 0 Å². The lowest BCUT2D eigenvalue weighted by Gasteiger charge is -2.29. The predicted octanol–water partition coefficient (Wildman–Crippen LogP) is 2.15. The minimum Gasteiger partial charge on any atom is -0.235 e. The maximum absolute atomic E-state index is 9.14. The molecule has 1 unspecified atom stereocenters. The van der Waals surface area contributed by atoms with Crippen molar-refractivity contribution in [3.8, 4) is 6.07 Å². The second-order valence-corrected chi connectivity index (χ2v) is 3.31. The quantitative estimate of drug-likeness (QED) is 0.635. The highest BCUT2D eigenvalue weighted by atomic mass is 17.2. The van der Waals surface area contributed by atoms with Crippen molar-refractivity contribution < 1.29 is 9.78 Å². The Morgan fingerprint density at radius 3 is 2.64 bits per heavy atom. The van der Waals surface area contributed by atoms with Crippen LogP contribution in [0.15, 0.2) is 30.3 Å². The lowest BCUT2D eigenvalue weighted by Crippen LogP contribution is -2.32. The molecule has 1 fully saturated rings. The zero-order valence-corrected chi connectivity index (χ0v) is 7.77. The number of nitrogens with zero attached hydrogens (tertiary/aromatic N) is 1. The number of hydrogen-bond donors (Lipinski definition) is 0. The van der Waals surface area contributed by atoms with Gasteiger partial charge in [0.25, 0.3) is 0 Å². The largest absolute Gasteiger partial charge is 0.235 e. The summed E-state index contributed by atoms with van der Waals surface area (Å²) < 4.78 is 0. The molecule has 0 aliphatic carbocycles. The van der Waals surface area contributed by atoms with Gasteiger partial charge >= 0.3 is 0 Å². The number of benzene rings is 1. The molecule has 1 saturated heterocycles. The molecule has 0 bridgehead atoms. The van der Waals surface area contributed by atoms with Gasteiger partial charge in [-0.25, -0.2) is 9.78 Å². The zero-order valence-electron chi connectivity index (χ0n) is 7.77. The van der Waals surface area contributed by atoms with Crippen LogP contribution >= 0.6 is 0 Å². The standard InChI is InChI=1S/C11H11NO2/c12-9-11(7-4-8-13-14-11)10-5-2-1-3-6-10/h1-3,5-6H,4,7-8H2. The van der Waals surface area contributed by atoms with E-state index in [1.807, 2.05) is 30.3 Å². The van der Waals surface area contributed by atoms with Crippen molar-refractivity contribution in [3.63, 3.8) is 0 Å². The van der Waals surface area contributed by atoms with Crippen LogP contribution in [0, 0.1) is 11.3 Å². The molecule has 0 radical (unpaired) electrons. The van der Waals surface area contributed by atoms with Gasteiger partial charge in [0.1, 0.15) is 6.07 Å². The summed E-state index contributed by atoms with van der Waals surface area (Å²) in [6.45, 7) is 0.566. The van der Waals surface area contributed by atoms with Crippen molar-refractivity contribution in [2.45, 2.75) is 18.4 Å². The molecule has 3 heteroatoms. The van der Waals surface area contributed by atoms with Crippen molar-refractivity contribution in [1.29, 1.82) is 5.26 Å². The van der Waals surface area contributed by atoms with Gasteiger partial charge in [-0.2, -0.15) is 5.26 Å². The Morgan fingerprint density at radius 2 is 2.07 bits per heavy atom. The molecule has 1 aromatic carbocycles. The molecule has 1 heterocycles. The van der Waals surface area contributed by atoms with E-state index in [9.17, 15) is 0 Å². The normalized spacial score (nSPS) is 26.8. The lowest BCUT2D eigenvalue weighted by atomic mass is 9.90. The Bertz CT molecular complexity index is 336. The minimum absolute atomic E-state index is 0.566. The molecule has 0 aromatic heterocycles. The monoisotopic (exact) mass is 189 g/mol. The number of hydrogen-bond acceptors (Lipinski definition) is 3. The van der Waals surface area contributed by atoms with Gasteiger partial charge in [-0.05, 0) is 12.8 Å². The number of nitriles is 1. The summed E-state index contributed by atoms with van der Waals surface area (Å²) in [5.41, 5.74) is -0.0401. The molecular weight excluding hydrogens is 178 g/mol. The molecule has 0 spiro atoms. The SMILES string of the molecule is N#CC1(c2ccccc2)CCCOO1. The fraction of sp³-hybridized carbons (Fsp3) is 0.364. The molecule has 0 N–H and O–H groups in total. The molecule has 0 saturated carbocycles. The third-order valence-electron chi connectivity index (χ3n) is 2.38. The van der Waals surface area contributed by atoms with E-state index in [1.54, 1.807) is 0 Å². The predicted molar refractivity (Wildman–Crippen MR) is 50.0 cm³/mol. The summed E-state index contributed by atoms with van der Waals surface area (Å²) in [7, 11) is 0. The van der Waals surface area contributed by atoms with Crippen LogP contribution in [-0.2, 0) is 15.4 Å². The molecule has 0 amide bonds. The molecule has 1 atom stereocenters. The van der Waals surface area contributed by atoms with Crippen LogP contribution in [-0.4, -0.2) is 6.61 Å². The van der Waals surface area contributed by atoms with Gasteiger partial charge in [0.15, 0.2) is 0 Å². The maximum atomic E-state index is 9.14. The van der Waals surface area contributed by atoms with E-state index in [-0.39, 0.29) is 0 Å². The van der Waals surface area contributed by atoms with E-state index >= 15 is 0 Å². The molecule has 1 aliphatic heterocycles. The van der Waals surface area contributed by atoms with Crippen LogP contribution in [0.1, 0.15) is 18.4 Å². The van der Waals surface area contributed by atoms with Crippen molar-refractivity contribution in [1.82, 2.24) is 0 Å². The highest BCUT2D eigenvalue weighted by Gasteiger charge is 2.37. The van der Waals surface area contributed by atoms with E-state index in [0.29, 0.717) is 13.0 Å². The fourth-order valence-corrected chi connectivity index (χ4v) is 1.60. The average Bonchev–Trinajstić information content (AvgIpc) is 2.31. The van der Waals surface area contributed by atoms with E-state index in [2.05, 4.69) is 6.07 Å². The lowest BCUT2D eigenvalue weighted by molar-refractivity contribution is -0.373. The van der Waals surface area contributed by atoms with E-state index < -0.39 is 5.60 Å². The second-order valence-electron chi connectivity index (χ2n) is 3.31. The van der Waals surface area contributed by atoms with Gasteiger partial charge in [-0.1, -0.05) is 30.3 Å². The van der Waals surface area contributed by atoms with Crippen molar-refractivity contribution in [3.05, 3.63) is 35.9 Å². The Kier molecular flexibility index (Phi) is 2.49. The van der Waals surface area contributed by atoms with Crippen molar-refractivity contribution in [2.24, 2.45) is 0 Å². The van der Waals surface area contributed by atoms with Crippen LogP contribution in [0.3, 0.4) is 0 Å². The molecule has 2 rings (SSSR count). The Balaban J connectivity index is 2.33. The summed E-state index contributed by atoms with van der Waals surface area (Å²) in [5.74, 6) is 0. The second kappa shape index (κ2) is 3.79. The Labute approximate surface area is 82.8 Å². The van der Waals surface area contributed by atoms with Crippen molar-refractivity contribution in [2.75, 3.05) is 6.61 Å². The smallest absolute Gasteiger partial charge is 0.214 e. The van der Waals surface area contributed by atoms with Gasteiger partial charge in [-0.3, -0.25) is 0 Å². The highest BCUT2D eigenvalue weighted by Crippen LogP contribution is 2.33. The van der Waals surface area contributed by atoms with E-state index in [0.717, 1.165) is 12.0 Å². The van der Waals surface area contributed by atoms with Crippen LogP contribution in [0.5, 0.6) is 0 Å². The maximum Gasteiger partial charge on any atom is 0.214 e. The fourth-order valence-electron chi connectivity index (χ4n) is 1.60. The zero-order chi connectivity index (χ0) is 9.86.